The molecule has 1 N–H and O–H groups in total. The van der Waals surface area contributed by atoms with Gasteiger partial charge in [-0.25, -0.2) is 0 Å². The van der Waals surface area contributed by atoms with Gasteiger partial charge in [0.25, 0.3) is 17.4 Å². The molecular weight excluding hydrogens is 396 g/mol. The van der Waals surface area contributed by atoms with E-state index in [2.05, 4.69) is 0 Å². The molecule has 1 fully saturated rings. The van der Waals surface area contributed by atoms with Crippen LogP contribution in [0.2, 0.25) is 0 Å². The van der Waals surface area contributed by atoms with Crippen LogP contribution >= 0.6 is 0 Å². The van der Waals surface area contributed by atoms with Gasteiger partial charge in [0, 0.05) is 17.3 Å². The maximum absolute atomic E-state index is 13.1. The van der Waals surface area contributed by atoms with Crippen LogP contribution in [0.1, 0.15) is 22.7 Å². The third kappa shape index (κ3) is 3.46. The van der Waals surface area contributed by atoms with Crippen LogP contribution in [0, 0.1) is 17.0 Å². The summed E-state index contributed by atoms with van der Waals surface area (Å²) >= 11 is 0. The Morgan fingerprint density at radius 2 is 1.65 bits per heavy atom. The predicted octanol–water partition coefficient (Wildman–Crippen LogP) is 4.53. The molecule has 0 saturated carbocycles. The van der Waals surface area contributed by atoms with Crippen molar-refractivity contribution in [1.82, 2.24) is 0 Å². The molecule has 0 aromatic heterocycles. The minimum absolute atomic E-state index is 0.144. The summed E-state index contributed by atoms with van der Waals surface area (Å²) in [6.45, 7) is 1.84. The summed E-state index contributed by atoms with van der Waals surface area (Å²) in [5.74, 6) is -2.13. The number of hydrogen-bond donors (Lipinski definition) is 1. The lowest BCUT2D eigenvalue weighted by Crippen LogP contribution is -2.29. The van der Waals surface area contributed by atoms with Crippen LogP contribution in [0.5, 0.6) is 0 Å². The summed E-state index contributed by atoms with van der Waals surface area (Å²) in [5.41, 5.74) is 1.32. The van der Waals surface area contributed by atoms with E-state index in [0.29, 0.717) is 11.3 Å². The first-order valence-electron chi connectivity index (χ1n) is 9.56. The number of nitrogens with zero attached hydrogens (tertiary/aromatic N) is 2. The highest BCUT2D eigenvalue weighted by atomic mass is 16.6. The summed E-state index contributed by atoms with van der Waals surface area (Å²) in [6, 6.07) is 20.0. The molecule has 0 aliphatic carbocycles. The van der Waals surface area contributed by atoms with E-state index in [-0.39, 0.29) is 22.6 Å². The van der Waals surface area contributed by atoms with E-state index in [1.54, 1.807) is 54.6 Å². The lowest BCUT2D eigenvalue weighted by Gasteiger charge is -2.25. The molecule has 3 aromatic rings. The molecule has 1 amide bonds. The molecule has 0 spiro atoms. The maximum Gasteiger partial charge on any atom is 0.300 e. The van der Waals surface area contributed by atoms with Crippen LogP contribution in [0.25, 0.3) is 5.76 Å². The third-order valence-corrected chi connectivity index (χ3v) is 5.20. The monoisotopic (exact) mass is 414 g/mol. The van der Waals surface area contributed by atoms with E-state index in [1.165, 1.54) is 23.1 Å². The number of amides is 1. The first kappa shape index (κ1) is 20.0. The van der Waals surface area contributed by atoms with Crippen molar-refractivity contribution in [2.75, 3.05) is 4.90 Å². The van der Waals surface area contributed by atoms with Gasteiger partial charge in [0.1, 0.15) is 11.8 Å². The van der Waals surface area contributed by atoms with Crippen molar-refractivity contribution < 1.29 is 19.6 Å². The van der Waals surface area contributed by atoms with Crippen LogP contribution in [0.3, 0.4) is 0 Å². The lowest BCUT2D eigenvalue weighted by atomic mass is 9.94. The van der Waals surface area contributed by atoms with Gasteiger partial charge in [-0.05, 0) is 30.7 Å². The number of rotatable bonds is 4. The molecule has 1 aliphatic rings. The number of ketones is 1. The van der Waals surface area contributed by atoms with Crippen LogP contribution in [-0.2, 0) is 9.59 Å². The average Bonchev–Trinajstić information content (AvgIpc) is 3.04. The maximum atomic E-state index is 13.1. The van der Waals surface area contributed by atoms with Gasteiger partial charge in [-0.3, -0.25) is 24.6 Å². The number of aliphatic hydroxyl groups is 1. The number of aliphatic hydroxyl groups excluding tert-OH is 1. The number of anilines is 1. The van der Waals surface area contributed by atoms with Crippen molar-refractivity contribution in [3.8, 4) is 0 Å². The van der Waals surface area contributed by atoms with E-state index >= 15 is 0 Å². The van der Waals surface area contributed by atoms with Gasteiger partial charge in [0.05, 0.1) is 16.1 Å². The largest absolute Gasteiger partial charge is 0.507 e. The van der Waals surface area contributed by atoms with E-state index < -0.39 is 22.7 Å². The Labute approximate surface area is 178 Å². The van der Waals surface area contributed by atoms with Gasteiger partial charge in [0.2, 0.25) is 0 Å². The van der Waals surface area contributed by atoms with Gasteiger partial charge in [-0.15, -0.1) is 0 Å². The van der Waals surface area contributed by atoms with Crippen LogP contribution in [-0.4, -0.2) is 21.7 Å². The minimum Gasteiger partial charge on any atom is -0.507 e. The van der Waals surface area contributed by atoms with Gasteiger partial charge < -0.3 is 5.11 Å². The smallest absolute Gasteiger partial charge is 0.300 e. The molecule has 7 heteroatoms. The number of nitro groups is 1. The van der Waals surface area contributed by atoms with Gasteiger partial charge >= 0.3 is 0 Å². The van der Waals surface area contributed by atoms with Crippen LogP contribution in [0.15, 0.2) is 84.4 Å². The standard InChI is InChI=1S/C24H18N2O5/c1-15-8-7-11-17(14-15)25-21(18-12-5-6-13-19(18)26(30)31)20(23(28)24(25)29)22(27)16-9-3-2-4-10-16/h2-14,21,27H,1H3/t21-/m0/s1. The number of benzene rings is 3. The number of aryl methyl sites for hydroxylation is 1. The Balaban J connectivity index is 2.02. The number of nitro benzene ring substituents is 1. The Morgan fingerprint density at radius 1 is 0.968 bits per heavy atom. The molecule has 31 heavy (non-hydrogen) atoms. The number of hydrogen-bond acceptors (Lipinski definition) is 5. The van der Waals surface area contributed by atoms with Crippen molar-refractivity contribution in [3.63, 3.8) is 0 Å². The Bertz CT molecular complexity index is 1230. The molecule has 0 bridgehead atoms. The fourth-order valence-corrected chi connectivity index (χ4v) is 3.81. The number of carbonyl (C=O) groups is 2. The lowest BCUT2D eigenvalue weighted by molar-refractivity contribution is -0.385. The number of carbonyl (C=O) groups excluding carboxylic acids is 2. The van der Waals surface area contributed by atoms with Gasteiger partial charge in [0.15, 0.2) is 0 Å². The van der Waals surface area contributed by atoms with Crippen molar-refractivity contribution in [2.24, 2.45) is 0 Å². The average molecular weight is 414 g/mol. The molecule has 3 aromatic carbocycles. The normalized spacial score (nSPS) is 17.7. The van der Waals surface area contributed by atoms with Crippen molar-refractivity contribution in [1.29, 1.82) is 0 Å². The first-order valence-corrected chi connectivity index (χ1v) is 9.56. The minimum atomic E-state index is -1.15. The van der Waals surface area contributed by atoms with Crippen molar-refractivity contribution in [2.45, 2.75) is 13.0 Å². The second kappa shape index (κ2) is 7.87. The molecule has 1 atom stereocenters. The number of para-hydroxylation sites is 1. The highest BCUT2D eigenvalue weighted by Gasteiger charge is 2.48. The van der Waals surface area contributed by atoms with E-state index in [9.17, 15) is 24.8 Å². The zero-order valence-electron chi connectivity index (χ0n) is 16.6. The zero-order valence-corrected chi connectivity index (χ0v) is 16.6. The highest BCUT2D eigenvalue weighted by Crippen LogP contribution is 2.44. The second-order valence-corrected chi connectivity index (χ2v) is 7.19. The number of Topliss-reactive ketones (excluding diaryl/α,β-unsaturated/α-hetero) is 1. The van der Waals surface area contributed by atoms with Gasteiger partial charge in [-0.2, -0.15) is 0 Å². The molecular formula is C24H18N2O5. The van der Waals surface area contributed by atoms with Gasteiger partial charge in [-0.1, -0.05) is 54.6 Å². The Morgan fingerprint density at radius 3 is 2.32 bits per heavy atom. The van der Waals surface area contributed by atoms with Crippen molar-refractivity contribution in [3.05, 3.63) is 111 Å². The summed E-state index contributed by atoms with van der Waals surface area (Å²) in [4.78, 5) is 38.5. The quantitative estimate of drug-likeness (QED) is 0.222. The first-order chi connectivity index (χ1) is 14.9. The fraction of sp³-hybridized carbons (Fsp3) is 0.0833. The molecule has 4 rings (SSSR count). The van der Waals surface area contributed by atoms with E-state index in [4.69, 9.17) is 0 Å². The molecule has 1 aliphatic heterocycles. The van der Waals surface area contributed by atoms with Crippen LogP contribution in [0.4, 0.5) is 11.4 Å². The second-order valence-electron chi connectivity index (χ2n) is 7.19. The van der Waals surface area contributed by atoms with E-state index in [0.717, 1.165) is 5.56 Å². The summed E-state index contributed by atoms with van der Waals surface area (Å²) in [7, 11) is 0. The highest BCUT2D eigenvalue weighted by molar-refractivity contribution is 6.51. The van der Waals surface area contributed by atoms with E-state index in [1.807, 2.05) is 13.0 Å². The zero-order chi connectivity index (χ0) is 22.1. The SMILES string of the molecule is Cc1cccc(N2C(=O)C(=O)C(=C(O)c3ccccc3)[C@@H]2c2ccccc2[N+](=O)[O-])c1. The fourth-order valence-electron chi connectivity index (χ4n) is 3.81. The molecule has 1 saturated heterocycles. The van der Waals surface area contributed by atoms with Crippen LogP contribution < -0.4 is 4.90 Å². The Hall–Kier alpha value is -4.26. The summed E-state index contributed by atoms with van der Waals surface area (Å²) in [6.07, 6.45) is 0. The predicted molar refractivity (Wildman–Crippen MR) is 116 cm³/mol. The summed E-state index contributed by atoms with van der Waals surface area (Å²) in [5, 5.41) is 22.7. The molecule has 0 unspecified atom stereocenters. The topological polar surface area (TPSA) is 101 Å². The molecule has 154 valence electrons. The Kier molecular flexibility index (Phi) is 5.09. The third-order valence-electron chi connectivity index (χ3n) is 5.20. The molecule has 7 nitrogen and oxygen atoms in total. The van der Waals surface area contributed by atoms with Crippen molar-refractivity contribution >= 4 is 28.8 Å². The molecule has 1 heterocycles. The molecule has 0 radical (unpaired) electrons. The summed E-state index contributed by atoms with van der Waals surface area (Å²) < 4.78 is 0.